The number of aryl methyl sites for hydroxylation is 2. The lowest BCUT2D eigenvalue weighted by Gasteiger charge is -2.16. The first-order chi connectivity index (χ1) is 10.1. The molecule has 110 valence electrons. The largest absolute Gasteiger partial charge is 0.398 e. The zero-order valence-electron chi connectivity index (χ0n) is 12.6. The summed E-state index contributed by atoms with van der Waals surface area (Å²) >= 11 is 0. The van der Waals surface area contributed by atoms with Crippen LogP contribution in [0.4, 0.5) is 5.69 Å². The van der Waals surface area contributed by atoms with Gasteiger partial charge in [-0.2, -0.15) is 0 Å². The number of carbonyl (C=O) groups excluding carboxylic acids is 1. The summed E-state index contributed by atoms with van der Waals surface area (Å²) in [5.74, 6) is 0.0500. The molecule has 1 atom stereocenters. The van der Waals surface area contributed by atoms with Crippen LogP contribution in [0, 0.1) is 6.92 Å². The zero-order chi connectivity index (χ0) is 15.2. The minimum atomic E-state index is -0.0735. The van der Waals surface area contributed by atoms with Crippen molar-refractivity contribution in [2.24, 2.45) is 0 Å². The first-order valence-corrected chi connectivity index (χ1v) is 7.26. The Bertz CT molecular complexity index is 622. The third-order valence-corrected chi connectivity index (χ3v) is 3.72. The molecular weight excluding hydrogens is 260 g/mol. The van der Waals surface area contributed by atoms with Crippen LogP contribution in [0.5, 0.6) is 0 Å². The van der Waals surface area contributed by atoms with Gasteiger partial charge in [0.05, 0.1) is 6.04 Å². The van der Waals surface area contributed by atoms with Crippen molar-refractivity contribution >= 4 is 11.6 Å². The Kier molecular flexibility index (Phi) is 4.99. The van der Waals surface area contributed by atoms with Crippen molar-refractivity contribution < 1.29 is 4.79 Å². The van der Waals surface area contributed by atoms with Gasteiger partial charge in [0.2, 0.25) is 5.91 Å². The lowest BCUT2D eigenvalue weighted by molar-refractivity contribution is -0.121. The number of nitrogens with one attached hydrogen (secondary N) is 1. The van der Waals surface area contributed by atoms with E-state index in [1.807, 2.05) is 43.3 Å². The third-order valence-electron chi connectivity index (χ3n) is 3.72. The number of para-hydroxylation sites is 1. The number of carbonyl (C=O) groups is 1. The Hall–Kier alpha value is -2.29. The SMILES string of the molecule is Cc1ccccc1CCC(=O)NC(C)c1ccccc1N. The third kappa shape index (κ3) is 4.09. The van der Waals surface area contributed by atoms with Crippen LogP contribution in [-0.2, 0) is 11.2 Å². The molecule has 3 N–H and O–H groups in total. The van der Waals surface area contributed by atoms with Gasteiger partial charge in [0, 0.05) is 12.1 Å². The summed E-state index contributed by atoms with van der Waals surface area (Å²) in [6, 6.07) is 15.7. The molecule has 21 heavy (non-hydrogen) atoms. The fraction of sp³-hybridized carbons (Fsp3) is 0.278. The highest BCUT2D eigenvalue weighted by atomic mass is 16.1. The molecule has 3 heteroatoms. The van der Waals surface area contributed by atoms with Crippen molar-refractivity contribution in [1.82, 2.24) is 5.32 Å². The summed E-state index contributed by atoms with van der Waals surface area (Å²) in [5, 5.41) is 3.01. The van der Waals surface area contributed by atoms with Gasteiger partial charge in [0.15, 0.2) is 0 Å². The number of hydrogen-bond acceptors (Lipinski definition) is 2. The van der Waals surface area contributed by atoms with Gasteiger partial charge in [0.25, 0.3) is 0 Å². The number of nitrogen functional groups attached to an aromatic ring is 1. The summed E-state index contributed by atoms with van der Waals surface area (Å²) in [6.45, 7) is 4.03. The van der Waals surface area contributed by atoms with Gasteiger partial charge < -0.3 is 11.1 Å². The molecule has 2 rings (SSSR count). The molecule has 0 radical (unpaired) electrons. The van der Waals surface area contributed by atoms with Gasteiger partial charge in [-0.1, -0.05) is 42.5 Å². The van der Waals surface area contributed by atoms with Crippen LogP contribution in [0.15, 0.2) is 48.5 Å². The van der Waals surface area contributed by atoms with Crippen molar-refractivity contribution in [3.8, 4) is 0 Å². The monoisotopic (exact) mass is 282 g/mol. The van der Waals surface area contributed by atoms with E-state index in [2.05, 4.69) is 24.4 Å². The number of hydrogen-bond donors (Lipinski definition) is 2. The molecule has 0 heterocycles. The topological polar surface area (TPSA) is 55.1 Å². The van der Waals surface area contributed by atoms with E-state index in [1.165, 1.54) is 11.1 Å². The maximum Gasteiger partial charge on any atom is 0.220 e. The number of benzene rings is 2. The number of anilines is 1. The molecule has 2 aromatic rings. The maximum absolute atomic E-state index is 12.1. The van der Waals surface area contributed by atoms with Crippen molar-refractivity contribution in [3.05, 3.63) is 65.2 Å². The highest BCUT2D eigenvalue weighted by Crippen LogP contribution is 2.19. The first-order valence-electron chi connectivity index (χ1n) is 7.26. The summed E-state index contributed by atoms with van der Waals surface area (Å²) in [4.78, 5) is 12.1. The molecule has 0 spiro atoms. The van der Waals surface area contributed by atoms with Gasteiger partial charge in [-0.3, -0.25) is 4.79 Å². The van der Waals surface area contributed by atoms with Gasteiger partial charge >= 0.3 is 0 Å². The van der Waals surface area contributed by atoms with Crippen LogP contribution in [0.2, 0.25) is 0 Å². The standard InChI is InChI=1S/C18H22N2O/c1-13-7-3-4-8-15(13)11-12-18(21)20-14(2)16-9-5-6-10-17(16)19/h3-10,14H,11-12,19H2,1-2H3,(H,20,21). The smallest absolute Gasteiger partial charge is 0.220 e. The quantitative estimate of drug-likeness (QED) is 0.826. The Balaban J connectivity index is 1.90. The van der Waals surface area contributed by atoms with Gasteiger partial charge in [-0.25, -0.2) is 0 Å². The molecule has 0 saturated heterocycles. The zero-order valence-corrected chi connectivity index (χ0v) is 12.6. The van der Waals surface area contributed by atoms with E-state index in [4.69, 9.17) is 5.73 Å². The summed E-state index contributed by atoms with van der Waals surface area (Å²) in [6.07, 6.45) is 1.25. The fourth-order valence-corrected chi connectivity index (χ4v) is 2.44. The second-order valence-corrected chi connectivity index (χ2v) is 5.34. The van der Waals surface area contributed by atoms with E-state index in [9.17, 15) is 4.79 Å². The van der Waals surface area contributed by atoms with Gasteiger partial charge in [0.1, 0.15) is 0 Å². The molecule has 0 aromatic heterocycles. The number of amides is 1. The van der Waals surface area contributed by atoms with Gasteiger partial charge in [-0.15, -0.1) is 0 Å². The van der Waals surface area contributed by atoms with Crippen molar-refractivity contribution in [2.75, 3.05) is 5.73 Å². The normalized spacial score (nSPS) is 11.9. The minimum absolute atomic E-state index is 0.0500. The van der Waals surface area contributed by atoms with E-state index < -0.39 is 0 Å². The number of nitrogens with two attached hydrogens (primary N) is 1. The number of rotatable bonds is 5. The summed E-state index contributed by atoms with van der Waals surface area (Å²) in [7, 11) is 0. The predicted octanol–water partition coefficient (Wildman–Crippen LogP) is 3.39. The maximum atomic E-state index is 12.1. The van der Waals surface area contributed by atoms with E-state index in [0.29, 0.717) is 12.1 Å². The van der Waals surface area contributed by atoms with E-state index >= 15 is 0 Å². The van der Waals surface area contributed by atoms with Crippen LogP contribution in [-0.4, -0.2) is 5.91 Å². The predicted molar refractivity (Wildman–Crippen MR) is 86.9 cm³/mol. The Labute approximate surface area is 126 Å². The molecule has 0 bridgehead atoms. The van der Waals surface area contributed by atoms with Crippen LogP contribution in [0.25, 0.3) is 0 Å². The minimum Gasteiger partial charge on any atom is -0.398 e. The highest BCUT2D eigenvalue weighted by Gasteiger charge is 2.12. The fourth-order valence-electron chi connectivity index (χ4n) is 2.44. The Morgan fingerprint density at radius 2 is 1.81 bits per heavy atom. The molecule has 2 aromatic carbocycles. The van der Waals surface area contributed by atoms with Crippen LogP contribution >= 0.6 is 0 Å². The van der Waals surface area contributed by atoms with E-state index in [0.717, 1.165) is 12.0 Å². The first kappa shape index (κ1) is 15.1. The van der Waals surface area contributed by atoms with Gasteiger partial charge in [-0.05, 0) is 43.0 Å². The molecule has 1 unspecified atom stereocenters. The molecule has 0 aliphatic heterocycles. The van der Waals surface area contributed by atoms with Crippen LogP contribution in [0.3, 0.4) is 0 Å². The Morgan fingerprint density at radius 3 is 2.52 bits per heavy atom. The second kappa shape index (κ2) is 6.93. The van der Waals surface area contributed by atoms with Crippen LogP contribution in [0.1, 0.15) is 36.1 Å². The highest BCUT2D eigenvalue weighted by molar-refractivity contribution is 5.77. The molecule has 3 nitrogen and oxygen atoms in total. The average Bonchev–Trinajstić information content (AvgIpc) is 2.46. The van der Waals surface area contributed by atoms with E-state index in [-0.39, 0.29) is 11.9 Å². The lowest BCUT2D eigenvalue weighted by atomic mass is 10.0. The molecule has 1 amide bonds. The van der Waals surface area contributed by atoms with Crippen LogP contribution < -0.4 is 11.1 Å². The van der Waals surface area contributed by atoms with Crippen molar-refractivity contribution in [2.45, 2.75) is 32.7 Å². The lowest BCUT2D eigenvalue weighted by Crippen LogP contribution is -2.27. The molecule has 0 aliphatic carbocycles. The molecule has 0 saturated carbocycles. The average molecular weight is 282 g/mol. The molecule has 0 fully saturated rings. The summed E-state index contributed by atoms with van der Waals surface area (Å²) < 4.78 is 0. The van der Waals surface area contributed by atoms with Crippen molar-refractivity contribution in [1.29, 1.82) is 0 Å². The Morgan fingerprint density at radius 1 is 1.14 bits per heavy atom. The summed E-state index contributed by atoms with van der Waals surface area (Å²) in [5.41, 5.74) is 10.1. The molecule has 0 aliphatic rings. The van der Waals surface area contributed by atoms with Crippen molar-refractivity contribution in [3.63, 3.8) is 0 Å². The second-order valence-electron chi connectivity index (χ2n) is 5.34. The molecular formula is C18H22N2O. The van der Waals surface area contributed by atoms with E-state index in [1.54, 1.807) is 0 Å².